The van der Waals surface area contributed by atoms with Crippen molar-refractivity contribution in [3.05, 3.63) is 54.4 Å². The first-order valence-corrected chi connectivity index (χ1v) is 9.20. The summed E-state index contributed by atoms with van der Waals surface area (Å²) in [6.07, 6.45) is 1.43. The van der Waals surface area contributed by atoms with Gasteiger partial charge in [-0.15, -0.1) is 0 Å². The minimum atomic E-state index is -2.63. The molecule has 2 heterocycles. The molecule has 3 rings (SSSR count). The van der Waals surface area contributed by atoms with Gasteiger partial charge in [-0.3, -0.25) is 9.97 Å². The fraction of sp³-hybridized carbons (Fsp3) is 0.364. The van der Waals surface area contributed by atoms with Crippen molar-refractivity contribution in [2.24, 2.45) is 11.8 Å². The van der Waals surface area contributed by atoms with Gasteiger partial charge >= 0.3 is 0 Å². The van der Waals surface area contributed by atoms with E-state index in [0.29, 0.717) is 24.1 Å². The van der Waals surface area contributed by atoms with E-state index in [-0.39, 0.29) is 11.3 Å². The number of hydrogen-bond acceptors (Lipinski definition) is 3. The Morgan fingerprint density at radius 3 is 2.56 bits per heavy atom. The van der Waals surface area contributed by atoms with Gasteiger partial charge in [0.15, 0.2) is 0 Å². The highest BCUT2D eigenvalue weighted by molar-refractivity contribution is 5.93. The molecule has 0 amide bonds. The second-order valence-electron chi connectivity index (χ2n) is 7.33. The van der Waals surface area contributed by atoms with E-state index in [0.717, 1.165) is 22.9 Å². The predicted molar refractivity (Wildman–Crippen MR) is 104 cm³/mol. The molecule has 0 bridgehead atoms. The first-order chi connectivity index (χ1) is 13.0. The molecular weight excluding hydrogens is 346 g/mol. The number of fused-ring (bicyclic) bond motifs is 1. The summed E-state index contributed by atoms with van der Waals surface area (Å²) in [5.41, 5.74) is 1.95. The largest absolute Gasteiger partial charge is 0.491 e. The van der Waals surface area contributed by atoms with Gasteiger partial charge in [-0.05, 0) is 36.5 Å². The molecule has 0 radical (unpaired) electrons. The molecule has 2 aromatic heterocycles. The molecule has 3 nitrogen and oxygen atoms in total. The second kappa shape index (κ2) is 8.42. The topological polar surface area (TPSA) is 35.0 Å². The van der Waals surface area contributed by atoms with Gasteiger partial charge in [-0.2, -0.15) is 0 Å². The molecule has 0 saturated carbocycles. The molecule has 0 aliphatic rings. The van der Waals surface area contributed by atoms with Gasteiger partial charge in [-0.1, -0.05) is 39.0 Å². The monoisotopic (exact) mass is 370 g/mol. The van der Waals surface area contributed by atoms with Crippen LogP contribution in [0.4, 0.5) is 8.78 Å². The third-order valence-corrected chi connectivity index (χ3v) is 4.45. The van der Waals surface area contributed by atoms with Gasteiger partial charge in [0.25, 0.3) is 6.43 Å². The van der Waals surface area contributed by atoms with E-state index >= 15 is 0 Å². The molecule has 1 atom stereocenters. The van der Waals surface area contributed by atoms with Crippen LogP contribution in [0.1, 0.15) is 39.2 Å². The van der Waals surface area contributed by atoms with Gasteiger partial charge < -0.3 is 4.74 Å². The van der Waals surface area contributed by atoms with Crippen LogP contribution in [0.2, 0.25) is 0 Å². The van der Waals surface area contributed by atoms with Gasteiger partial charge in [-0.25, -0.2) is 8.78 Å². The zero-order chi connectivity index (χ0) is 19.4. The number of benzene rings is 1. The third kappa shape index (κ3) is 4.59. The average Bonchev–Trinajstić information content (AvgIpc) is 2.65. The maximum Gasteiger partial charge on any atom is 0.267 e. The lowest BCUT2D eigenvalue weighted by atomic mass is 10.00. The van der Waals surface area contributed by atoms with Crippen molar-refractivity contribution in [1.29, 1.82) is 0 Å². The Kier molecular flexibility index (Phi) is 5.99. The van der Waals surface area contributed by atoms with Crippen LogP contribution in [-0.4, -0.2) is 16.6 Å². The van der Waals surface area contributed by atoms with Gasteiger partial charge in [0.1, 0.15) is 5.75 Å². The number of aromatic nitrogens is 2. The highest BCUT2D eigenvalue weighted by atomic mass is 19.3. The van der Waals surface area contributed by atoms with Crippen LogP contribution in [0.3, 0.4) is 0 Å². The van der Waals surface area contributed by atoms with Crippen LogP contribution >= 0.6 is 0 Å². The van der Waals surface area contributed by atoms with E-state index in [4.69, 9.17) is 4.74 Å². The molecule has 27 heavy (non-hydrogen) atoms. The van der Waals surface area contributed by atoms with E-state index in [1.807, 2.05) is 24.3 Å². The number of alkyl halides is 2. The Labute approximate surface area is 158 Å². The molecule has 1 unspecified atom stereocenters. The Morgan fingerprint density at radius 1 is 1.04 bits per heavy atom. The number of para-hydroxylation sites is 1. The van der Waals surface area contributed by atoms with Crippen molar-refractivity contribution in [3.8, 4) is 17.0 Å². The summed E-state index contributed by atoms with van der Waals surface area (Å²) >= 11 is 0. The predicted octanol–water partition coefficient (Wildman–Crippen LogP) is 6.30. The molecular formula is C22H24F2N2O. The van der Waals surface area contributed by atoms with Crippen LogP contribution in [-0.2, 0) is 0 Å². The highest BCUT2D eigenvalue weighted by Crippen LogP contribution is 2.34. The van der Waals surface area contributed by atoms with Crippen LogP contribution in [0.5, 0.6) is 5.75 Å². The lowest BCUT2D eigenvalue weighted by Gasteiger charge is -2.17. The fourth-order valence-corrected chi connectivity index (χ4v) is 3.32. The molecule has 1 aromatic carbocycles. The molecule has 0 N–H and O–H groups in total. The molecule has 0 aliphatic heterocycles. The molecule has 0 spiro atoms. The standard InChI is InChI=1S/C22H24F2N2O/c1-14(2)10-15(3)13-27-21-12-26-20(11-18(21)22(23)24)17-8-9-25-19-7-5-4-6-16(17)19/h4-9,11-12,14-15,22H,10,13H2,1-3H3. The Hall–Kier alpha value is -2.56. The molecule has 0 aliphatic carbocycles. The van der Waals surface area contributed by atoms with Gasteiger partial charge in [0.2, 0.25) is 0 Å². The van der Waals surface area contributed by atoms with E-state index in [1.54, 1.807) is 12.3 Å². The first kappa shape index (κ1) is 19.2. The van der Waals surface area contributed by atoms with Gasteiger partial charge in [0, 0.05) is 17.1 Å². The highest BCUT2D eigenvalue weighted by Gasteiger charge is 2.18. The van der Waals surface area contributed by atoms with E-state index in [2.05, 4.69) is 30.7 Å². The maximum absolute atomic E-state index is 13.7. The number of halogens is 2. The maximum atomic E-state index is 13.7. The summed E-state index contributed by atoms with van der Waals surface area (Å²) in [6, 6.07) is 10.8. The normalized spacial score (nSPS) is 12.7. The SMILES string of the molecule is CC(C)CC(C)COc1cnc(-c2ccnc3ccccc23)cc1C(F)F. The van der Waals surface area contributed by atoms with Crippen molar-refractivity contribution in [2.45, 2.75) is 33.6 Å². The minimum absolute atomic E-state index is 0.127. The lowest BCUT2D eigenvalue weighted by Crippen LogP contribution is -2.12. The number of rotatable bonds is 7. The van der Waals surface area contributed by atoms with Crippen LogP contribution in [0.15, 0.2) is 48.8 Å². The number of pyridine rings is 2. The Morgan fingerprint density at radius 2 is 1.81 bits per heavy atom. The number of hydrogen-bond donors (Lipinski definition) is 0. The third-order valence-electron chi connectivity index (χ3n) is 4.45. The molecule has 3 aromatic rings. The van der Waals surface area contributed by atoms with Gasteiger partial charge in [0.05, 0.1) is 29.6 Å². The quantitative estimate of drug-likeness (QED) is 0.490. The summed E-state index contributed by atoms with van der Waals surface area (Å²) < 4.78 is 33.0. The summed E-state index contributed by atoms with van der Waals surface area (Å²) in [4.78, 5) is 8.71. The minimum Gasteiger partial charge on any atom is -0.491 e. The molecule has 5 heteroatoms. The van der Waals surface area contributed by atoms with Crippen molar-refractivity contribution >= 4 is 10.9 Å². The summed E-state index contributed by atoms with van der Waals surface area (Å²) in [5.74, 6) is 0.987. The van der Waals surface area contributed by atoms with E-state index in [1.165, 1.54) is 12.3 Å². The number of ether oxygens (including phenoxy) is 1. The van der Waals surface area contributed by atoms with Crippen molar-refractivity contribution in [1.82, 2.24) is 9.97 Å². The molecule has 0 fully saturated rings. The summed E-state index contributed by atoms with van der Waals surface area (Å²) in [5, 5.41) is 0.881. The number of nitrogens with zero attached hydrogens (tertiary/aromatic N) is 2. The average molecular weight is 370 g/mol. The van der Waals surface area contributed by atoms with Crippen LogP contribution < -0.4 is 4.74 Å². The van der Waals surface area contributed by atoms with Crippen molar-refractivity contribution < 1.29 is 13.5 Å². The van der Waals surface area contributed by atoms with Crippen molar-refractivity contribution in [2.75, 3.05) is 6.61 Å². The van der Waals surface area contributed by atoms with Crippen molar-refractivity contribution in [3.63, 3.8) is 0 Å². The van der Waals surface area contributed by atoms with Crippen LogP contribution in [0, 0.1) is 11.8 Å². The second-order valence-corrected chi connectivity index (χ2v) is 7.33. The molecule has 142 valence electrons. The lowest BCUT2D eigenvalue weighted by molar-refractivity contribution is 0.142. The fourth-order valence-electron chi connectivity index (χ4n) is 3.32. The first-order valence-electron chi connectivity index (χ1n) is 9.20. The van der Waals surface area contributed by atoms with E-state index < -0.39 is 6.43 Å². The molecule has 0 saturated heterocycles. The smallest absolute Gasteiger partial charge is 0.267 e. The zero-order valence-electron chi connectivity index (χ0n) is 15.8. The Bertz CT molecular complexity index is 906. The van der Waals surface area contributed by atoms with E-state index in [9.17, 15) is 8.78 Å². The van der Waals surface area contributed by atoms with Crippen LogP contribution in [0.25, 0.3) is 22.2 Å². The summed E-state index contributed by atoms with van der Waals surface area (Å²) in [6.45, 7) is 6.73. The Balaban J connectivity index is 1.91. The zero-order valence-corrected chi connectivity index (χ0v) is 15.8. The summed E-state index contributed by atoms with van der Waals surface area (Å²) in [7, 11) is 0.